The number of carbonyl (C=O) groups excluding carboxylic acids is 1. The molecule has 0 saturated carbocycles. The quantitative estimate of drug-likeness (QED) is 0.820. The predicted octanol–water partition coefficient (Wildman–Crippen LogP) is 3.27. The van der Waals surface area contributed by atoms with Gasteiger partial charge < -0.3 is 19.1 Å². The Morgan fingerprint density at radius 1 is 1.24 bits per heavy atom. The maximum Gasteiger partial charge on any atom is 0.252 e. The van der Waals surface area contributed by atoms with Gasteiger partial charge in [-0.05, 0) is 48.1 Å². The Balaban J connectivity index is 2.11. The van der Waals surface area contributed by atoms with E-state index in [-0.39, 0.29) is 11.9 Å². The number of methoxy groups -OCH3 is 3. The van der Waals surface area contributed by atoms with Crippen molar-refractivity contribution in [3.8, 4) is 11.5 Å². The van der Waals surface area contributed by atoms with Crippen LogP contribution >= 0.6 is 11.3 Å². The first-order valence-electron chi connectivity index (χ1n) is 8.22. The molecule has 5 nitrogen and oxygen atoms in total. The maximum absolute atomic E-state index is 12.9. The van der Waals surface area contributed by atoms with Crippen LogP contribution in [0.3, 0.4) is 0 Å². The molecule has 25 heavy (non-hydrogen) atoms. The highest BCUT2D eigenvalue weighted by Crippen LogP contribution is 2.42. The zero-order valence-electron chi connectivity index (χ0n) is 14.9. The van der Waals surface area contributed by atoms with Gasteiger partial charge in [-0.15, -0.1) is 11.3 Å². The van der Waals surface area contributed by atoms with Gasteiger partial charge in [-0.2, -0.15) is 0 Å². The molecule has 0 saturated heterocycles. The number of hydrogen-bond acceptors (Lipinski definition) is 5. The highest BCUT2D eigenvalue weighted by molar-refractivity contribution is 7.10. The first kappa shape index (κ1) is 17.8. The average molecular weight is 361 g/mol. The normalized spacial score (nSPS) is 17.8. The number of benzene rings is 1. The summed E-state index contributed by atoms with van der Waals surface area (Å²) < 4.78 is 16.2. The van der Waals surface area contributed by atoms with Gasteiger partial charge in [-0.1, -0.05) is 6.07 Å². The van der Waals surface area contributed by atoms with Gasteiger partial charge in [0.15, 0.2) is 11.5 Å². The Kier molecular flexibility index (Phi) is 5.30. The van der Waals surface area contributed by atoms with Gasteiger partial charge in [-0.3, -0.25) is 4.79 Å². The summed E-state index contributed by atoms with van der Waals surface area (Å²) in [5.74, 6) is 1.40. The molecule has 134 valence electrons. The molecule has 0 radical (unpaired) electrons. The SMILES string of the molecule is COc1cc2c(cc1OC)[C@H](c1cccs1)N(C(=O)[C@H](C)OC)CC2. The van der Waals surface area contributed by atoms with Crippen LogP contribution in [-0.2, 0) is 16.0 Å². The van der Waals surface area contributed by atoms with Crippen molar-refractivity contribution in [2.45, 2.75) is 25.5 Å². The summed E-state index contributed by atoms with van der Waals surface area (Å²) in [5, 5.41) is 2.03. The fourth-order valence-electron chi connectivity index (χ4n) is 3.27. The molecule has 0 aliphatic carbocycles. The van der Waals surface area contributed by atoms with E-state index in [0.717, 1.165) is 22.6 Å². The van der Waals surface area contributed by atoms with Crippen molar-refractivity contribution < 1.29 is 19.0 Å². The Bertz CT molecular complexity index is 744. The minimum atomic E-state index is -0.468. The third-order valence-electron chi connectivity index (χ3n) is 4.67. The van der Waals surface area contributed by atoms with E-state index in [0.29, 0.717) is 12.3 Å². The Morgan fingerprint density at radius 3 is 2.56 bits per heavy atom. The fourth-order valence-corrected chi connectivity index (χ4v) is 4.13. The second-order valence-electron chi connectivity index (χ2n) is 5.98. The van der Waals surface area contributed by atoms with Crippen LogP contribution in [0.15, 0.2) is 29.6 Å². The molecule has 1 aliphatic rings. The Labute approximate surface area is 152 Å². The zero-order chi connectivity index (χ0) is 18.0. The standard InChI is InChI=1S/C19H23NO4S/c1-12(22-2)19(21)20-8-7-13-10-15(23-3)16(24-4)11-14(13)18(20)17-6-5-9-25-17/h5-6,9-12,18H,7-8H2,1-4H3/t12-,18+/m0/s1. The van der Waals surface area contributed by atoms with Crippen LogP contribution < -0.4 is 9.47 Å². The largest absolute Gasteiger partial charge is 0.493 e. The van der Waals surface area contributed by atoms with Crippen molar-refractivity contribution in [1.29, 1.82) is 0 Å². The van der Waals surface area contributed by atoms with Gasteiger partial charge >= 0.3 is 0 Å². The molecule has 0 N–H and O–H groups in total. The van der Waals surface area contributed by atoms with Crippen LogP contribution in [0, 0.1) is 0 Å². The minimum absolute atomic E-state index is 0.00124. The lowest BCUT2D eigenvalue weighted by Crippen LogP contribution is -2.45. The van der Waals surface area contributed by atoms with Gasteiger partial charge in [0.1, 0.15) is 6.10 Å². The van der Waals surface area contributed by atoms with E-state index in [2.05, 4.69) is 6.07 Å². The molecule has 2 heterocycles. The summed E-state index contributed by atoms with van der Waals surface area (Å²) >= 11 is 1.65. The van der Waals surface area contributed by atoms with Crippen LogP contribution in [0.4, 0.5) is 0 Å². The lowest BCUT2D eigenvalue weighted by molar-refractivity contribution is -0.143. The summed E-state index contributed by atoms with van der Waals surface area (Å²) in [5.41, 5.74) is 2.27. The number of ether oxygens (including phenoxy) is 3. The molecule has 1 aromatic heterocycles. The first-order valence-corrected chi connectivity index (χ1v) is 9.10. The van der Waals surface area contributed by atoms with Gasteiger partial charge in [0.2, 0.25) is 0 Å². The lowest BCUT2D eigenvalue weighted by Gasteiger charge is -2.38. The summed E-state index contributed by atoms with van der Waals surface area (Å²) in [6.45, 7) is 2.44. The number of nitrogens with zero attached hydrogens (tertiary/aromatic N) is 1. The van der Waals surface area contributed by atoms with E-state index in [4.69, 9.17) is 14.2 Å². The molecular formula is C19H23NO4S. The van der Waals surface area contributed by atoms with E-state index in [1.807, 2.05) is 28.5 Å². The fraction of sp³-hybridized carbons (Fsp3) is 0.421. The zero-order valence-corrected chi connectivity index (χ0v) is 15.8. The molecule has 6 heteroatoms. The summed E-state index contributed by atoms with van der Waals surface area (Å²) in [6.07, 6.45) is 0.309. The molecule has 0 unspecified atom stereocenters. The summed E-state index contributed by atoms with van der Waals surface area (Å²) in [4.78, 5) is 15.9. The van der Waals surface area contributed by atoms with Crippen LogP contribution in [0.1, 0.15) is 29.0 Å². The molecule has 1 amide bonds. The highest BCUT2D eigenvalue weighted by atomic mass is 32.1. The number of fused-ring (bicyclic) bond motifs is 1. The smallest absolute Gasteiger partial charge is 0.252 e. The third-order valence-corrected chi connectivity index (χ3v) is 5.60. The van der Waals surface area contributed by atoms with Crippen LogP contribution in [-0.4, -0.2) is 44.8 Å². The predicted molar refractivity (Wildman–Crippen MR) is 97.6 cm³/mol. The molecule has 3 rings (SSSR count). The second-order valence-corrected chi connectivity index (χ2v) is 6.96. The van der Waals surface area contributed by atoms with Crippen molar-refractivity contribution in [1.82, 2.24) is 4.90 Å². The maximum atomic E-state index is 12.9. The molecule has 2 atom stereocenters. The van der Waals surface area contributed by atoms with Crippen LogP contribution in [0.2, 0.25) is 0 Å². The first-order chi connectivity index (χ1) is 12.1. The second kappa shape index (κ2) is 7.45. The molecular weight excluding hydrogens is 338 g/mol. The number of carbonyl (C=O) groups is 1. The minimum Gasteiger partial charge on any atom is -0.493 e. The van der Waals surface area contributed by atoms with E-state index < -0.39 is 6.10 Å². The molecule has 1 aliphatic heterocycles. The molecule has 1 aromatic carbocycles. The van der Waals surface area contributed by atoms with Crippen molar-refractivity contribution in [2.24, 2.45) is 0 Å². The molecule has 0 spiro atoms. The van der Waals surface area contributed by atoms with Gasteiger partial charge in [0.05, 0.1) is 20.3 Å². The number of amides is 1. The summed E-state index contributed by atoms with van der Waals surface area (Å²) in [6, 6.07) is 7.97. The van der Waals surface area contributed by atoms with Gasteiger partial charge in [0, 0.05) is 18.5 Å². The number of thiophene rings is 1. The van der Waals surface area contributed by atoms with E-state index in [1.54, 1.807) is 39.6 Å². The van der Waals surface area contributed by atoms with Gasteiger partial charge in [-0.25, -0.2) is 0 Å². The van der Waals surface area contributed by atoms with E-state index in [1.165, 1.54) is 5.56 Å². The van der Waals surface area contributed by atoms with Crippen molar-refractivity contribution in [2.75, 3.05) is 27.9 Å². The molecule has 2 aromatic rings. The van der Waals surface area contributed by atoms with E-state index >= 15 is 0 Å². The number of hydrogen-bond donors (Lipinski definition) is 0. The van der Waals surface area contributed by atoms with Crippen LogP contribution in [0.5, 0.6) is 11.5 Å². The molecule has 0 fully saturated rings. The van der Waals surface area contributed by atoms with Crippen molar-refractivity contribution in [3.63, 3.8) is 0 Å². The van der Waals surface area contributed by atoms with Crippen molar-refractivity contribution >= 4 is 17.2 Å². The summed E-state index contributed by atoms with van der Waals surface area (Å²) in [7, 11) is 4.83. The monoisotopic (exact) mass is 361 g/mol. The average Bonchev–Trinajstić information content (AvgIpc) is 3.18. The van der Waals surface area contributed by atoms with Crippen LogP contribution in [0.25, 0.3) is 0 Å². The number of rotatable bonds is 5. The highest BCUT2D eigenvalue weighted by Gasteiger charge is 2.35. The Morgan fingerprint density at radius 2 is 1.96 bits per heavy atom. The van der Waals surface area contributed by atoms with E-state index in [9.17, 15) is 4.79 Å². The molecule has 0 bridgehead atoms. The topological polar surface area (TPSA) is 48.0 Å². The Hall–Kier alpha value is -2.05. The third kappa shape index (κ3) is 3.24. The van der Waals surface area contributed by atoms with Gasteiger partial charge in [0.25, 0.3) is 5.91 Å². The lowest BCUT2D eigenvalue weighted by atomic mass is 9.90. The van der Waals surface area contributed by atoms with Crippen molar-refractivity contribution in [3.05, 3.63) is 45.6 Å².